The number of carbonyl (C=O) groups excluding carboxylic acids is 3. The number of benzene rings is 1. The Bertz CT molecular complexity index is 712. The molecule has 4 aliphatic rings. The Labute approximate surface area is 127 Å². The number of hydrogen-bond donors (Lipinski definition) is 1. The number of fused-ring (bicyclic) bond motifs is 1. The van der Waals surface area contributed by atoms with E-state index >= 15 is 0 Å². The number of amides is 3. The quantitative estimate of drug-likeness (QED) is 0.658. The molecule has 0 aromatic heterocycles. The van der Waals surface area contributed by atoms with Crippen molar-refractivity contribution in [2.45, 2.75) is 12.8 Å². The Hall–Kier alpha value is -2.43. The van der Waals surface area contributed by atoms with Gasteiger partial charge in [-0.1, -0.05) is 30.4 Å². The molecule has 3 amide bonds. The van der Waals surface area contributed by atoms with Crippen molar-refractivity contribution in [2.75, 3.05) is 4.90 Å². The molecule has 1 aromatic carbocycles. The van der Waals surface area contributed by atoms with Crippen LogP contribution in [0.25, 0.3) is 0 Å². The molecule has 1 heterocycles. The molecule has 5 nitrogen and oxygen atoms in total. The van der Waals surface area contributed by atoms with Gasteiger partial charge in [0.15, 0.2) is 0 Å². The Kier molecular flexibility index (Phi) is 2.58. The maximum atomic E-state index is 13.0. The normalized spacial score (nSPS) is 35.8. The molecule has 0 radical (unpaired) electrons. The lowest BCUT2D eigenvalue weighted by molar-refractivity contribution is -0.139. The molecule has 1 aromatic rings. The summed E-state index contributed by atoms with van der Waals surface area (Å²) in [5, 5.41) is 0. The van der Waals surface area contributed by atoms with E-state index in [0.29, 0.717) is 12.1 Å². The number of para-hydroxylation sites is 1. The molecule has 1 aliphatic heterocycles. The van der Waals surface area contributed by atoms with Crippen molar-refractivity contribution < 1.29 is 14.4 Å². The molecular weight excluding hydrogens is 280 g/mol. The molecule has 3 aliphatic carbocycles. The molecule has 1 saturated heterocycles. The summed E-state index contributed by atoms with van der Waals surface area (Å²) in [6.45, 7) is 0. The van der Waals surface area contributed by atoms with Crippen LogP contribution in [0.4, 0.5) is 5.69 Å². The number of primary amides is 1. The zero-order chi connectivity index (χ0) is 15.5. The minimum Gasteiger partial charge on any atom is -0.369 e. The number of rotatable bonds is 2. The van der Waals surface area contributed by atoms with Crippen molar-refractivity contribution in [3.05, 3.63) is 42.5 Å². The van der Waals surface area contributed by atoms with Crippen LogP contribution in [-0.4, -0.2) is 17.7 Å². The van der Waals surface area contributed by atoms with Gasteiger partial charge in [0.1, 0.15) is 0 Å². The molecule has 4 atom stereocenters. The van der Waals surface area contributed by atoms with Gasteiger partial charge in [-0.25, -0.2) is 4.90 Å². The fraction of sp³-hybridized carbons (Fsp3) is 0.353. The van der Waals surface area contributed by atoms with Crippen LogP contribution in [0.3, 0.4) is 0 Å². The van der Waals surface area contributed by atoms with E-state index in [2.05, 4.69) is 0 Å². The fourth-order valence-corrected chi connectivity index (χ4v) is 4.34. The van der Waals surface area contributed by atoms with E-state index in [1.165, 1.54) is 4.90 Å². The first kappa shape index (κ1) is 13.2. The summed E-state index contributed by atoms with van der Waals surface area (Å²) in [4.78, 5) is 39.0. The average Bonchev–Trinajstić information content (AvgIpc) is 2.77. The van der Waals surface area contributed by atoms with Crippen molar-refractivity contribution in [2.24, 2.45) is 28.9 Å². The first-order valence-corrected chi connectivity index (χ1v) is 7.48. The first-order valence-electron chi connectivity index (χ1n) is 7.48. The summed E-state index contributed by atoms with van der Waals surface area (Å²) in [6.07, 6.45) is 5.07. The van der Waals surface area contributed by atoms with Gasteiger partial charge in [0.25, 0.3) is 0 Å². The highest BCUT2D eigenvalue weighted by Crippen LogP contribution is 2.58. The number of nitrogens with zero attached hydrogens (tertiary/aromatic N) is 1. The molecule has 2 fully saturated rings. The third kappa shape index (κ3) is 1.46. The largest absolute Gasteiger partial charge is 0.369 e. The van der Waals surface area contributed by atoms with Gasteiger partial charge in [-0.05, 0) is 30.9 Å². The van der Waals surface area contributed by atoms with Gasteiger partial charge in [0.2, 0.25) is 17.7 Å². The number of hydrogen-bond acceptors (Lipinski definition) is 3. The summed E-state index contributed by atoms with van der Waals surface area (Å²) in [7, 11) is 0. The van der Waals surface area contributed by atoms with E-state index in [-0.39, 0.29) is 17.7 Å². The standard InChI is InChI=1S/C17H16N2O3/c18-14(20)12-10-6-8-17(9-7-10)13(12)15(21)19(16(17)22)11-4-2-1-3-5-11/h1-6,8,10,12-13H,7,9H2,(H2,18,20)/t10-,12?,13+,17-/m1/s1. The van der Waals surface area contributed by atoms with Crippen LogP contribution in [0.1, 0.15) is 12.8 Å². The molecule has 1 spiro atoms. The average molecular weight is 296 g/mol. The molecule has 22 heavy (non-hydrogen) atoms. The Balaban J connectivity index is 1.86. The second-order valence-electron chi connectivity index (χ2n) is 6.32. The minimum atomic E-state index is -0.888. The molecular formula is C17H16N2O3. The third-order valence-corrected chi connectivity index (χ3v) is 5.34. The monoisotopic (exact) mass is 296 g/mol. The lowest BCUT2D eigenvalue weighted by Crippen LogP contribution is -2.51. The van der Waals surface area contributed by atoms with Crippen LogP contribution in [-0.2, 0) is 14.4 Å². The fourth-order valence-electron chi connectivity index (χ4n) is 4.34. The Morgan fingerprint density at radius 2 is 1.95 bits per heavy atom. The predicted molar refractivity (Wildman–Crippen MR) is 79.4 cm³/mol. The topological polar surface area (TPSA) is 80.5 Å². The van der Waals surface area contributed by atoms with Crippen molar-refractivity contribution >= 4 is 23.4 Å². The van der Waals surface area contributed by atoms with E-state index in [1.807, 2.05) is 18.2 Å². The van der Waals surface area contributed by atoms with Crippen molar-refractivity contribution in [1.82, 2.24) is 0 Å². The maximum Gasteiger partial charge on any atom is 0.244 e. The molecule has 1 saturated carbocycles. The van der Waals surface area contributed by atoms with Crippen molar-refractivity contribution in [3.8, 4) is 0 Å². The van der Waals surface area contributed by atoms with Gasteiger partial charge in [0, 0.05) is 0 Å². The lowest BCUT2D eigenvalue weighted by Gasteiger charge is -2.45. The predicted octanol–water partition coefficient (Wildman–Crippen LogP) is 1.24. The summed E-state index contributed by atoms with van der Waals surface area (Å²) in [6, 6.07) is 8.87. The van der Waals surface area contributed by atoms with Crippen LogP contribution in [0.15, 0.2) is 42.5 Å². The number of anilines is 1. The first-order chi connectivity index (χ1) is 10.6. The lowest BCUT2D eigenvalue weighted by atomic mass is 9.55. The Morgan fingerprint density at radius 1 is 1.23 bits per heavy atom. The van der Waals surface area contributed by atoms with Gasteiger partial charge in [-0.2, -0.15) is 0 Å². The van der Waals surface area contributed by atoms with E-state index in [9.17, 15) is 14.4 Å². The minimum absolute atomic E-state index is 0.0307. The Morgan fingerprint density at radius 3 is 2.55 bits per heavy atom. The smallest absolute Gasteiger partial charge is 0.244 e. The molecule has 5 heteroatoms. The molecule has 1 unspecified atom stereocenters. The zero-order valence-corrected chi connectivity index (χ0v) is 11.9. The van der Waals surface area contributed by atoms with Gasteiger partial charge < -0.3 is 5.73 Å². The molecule has 2 bridgehead atoms. The maximum absolute atomic E-state index is 13.0. The van der Waals surface area contributed by atoms with Crippen LogP contribution in [0.5, 0.6) is 0 Å². The summed E-state index contributed by atoms with van der Waals surface area (Å²) in [5.74, 6) is -2.27. The highest BCUT2D eigenvalue weighted by molar-refractivity contribution is 6.25. The van der Waals surface area contributed by atoms with Crippen LogP contribution in [0, 0.1) is 23.2 Å². The van der Waals surface area contributed by atoms with Crippen LogP contribution in [0.2, 0.25) is 0 Å². The second kappa shape index (κ2) is 4.29. The molecule has 5 rings (SSSR count). The van der Waals surface area contributed by atoms with E-state index < -0.39 is 23.2 Å². The number of carbonyl (C=O) groups is 3. The van der Waals surface area contributed by atoms with E-state index in [0.717, 1.165) is 6.42 Å². The summed E-state index contributed by atoms with van der Waals surface area (Å²) < 4.78 is 0. The highest BCUT2D eigenvalue weighted by atomic mass is 16.2. The summed E-state index contributed by atoms with van der Waals surface area (Å²) >= 11 is 0. The van der Waals surface area contributed by atoms with Gasteiger partial charge >= 0.3 is 0 Å². The van der Waals surface area contributed by atoms with Gasteiger partial charge in [0.05, 0.1) is 22.9 Å². The summed E-state index contributed by atoms with van der Waals surface area (Å²) in [5.41, 5.74) is 5.21. The van der Waals surface area contributed by atoms with Crippen molar-refractivity contribution in [3.63, 3.8) is 0 Å². The number of imide groups is 1. The van der Waals surface area contributed by atoms with Crippen LogP contribution >= 0.6 is 0 Å². The molecule has 2 N–H and O–H groups in total. The zero-order valence-electron chi connectivity index (χ0n) is 11.9. The van der Waals surface area contributed by atoms with Gasteiger partial charge in [-0.3, -0.25) is 14.4 Å². The van der Waals surface area contributed by atoms with E-state index in [4.69, 9.17) is 5.73 Å². The second-order valence-corrected chi connectivity index (χ2v) is 6.32. The third-order valence-electron chi connectivity index (χ3n) is 5.34. The molecule has 112 valence electrons. The van der Waals surface area contributed by atoms with Crippen LogP contribution < -0.4 is 10.6 Å². The number of nitrogens with two attached hydrogens (primary N) is 1. The van der Waals surface area contributed by atoms with E-state index in [1.54, 1.807) is 24.3 Å². The number of allylic oxidation sites excluding steroid dienone is 1. The SMILES string of the molecule is NC(=O)C1[C@@H]2C=C[C@]3(CC2)C(=O)N(c2ccccc2)C(=O)[C@H]13. The van der Waals surface area contributed by atoms with Gasteiger partial charge in [-0.15, -0.1) is 0 Å². The van der Waals surface area contributed by atoms with Crippen molar-refractivity contribution in [1.29, 1.82) is 0 Å². The highest BCUT2D eigenvalue weighted by Gasteiger charge is 2.66.